The van der Waals surface area contributed by atoms with Gasteiger partial charge in [-0.05, 0) is 18.8 Å². The summed E-state index contributed by atoms with van der Waals surface area (Å²) in [6, 6.07) is 0.395. The Bertz CT molecular complexity index is 469. The summed E-state index contributed by atoms with van der Waals surface area (Å²) in [5.74, 6) is 1.33. The number of nitrogens with zero attached hydrogens (tertiary/aromatic N) is 3. The van der Waals surface area contributed by atoms with Gasteiger partial charge >= 0.3 is 5.97 Å². The Kier molecular flexibility index (Phi) is 5.07. The van der Waals surface area contributed by atoms with Crippen LogP contribution in [0.15, 0.2) is 5.16 Å². The Morgan fingerprint density at radius 3 is 2.65 bits per heavy atom. The standard InChI is InChI=1S/C14H23N3O2S/c1-4-11(7-10-5-6-10)17-13(9(2)3)15-16-14(17)20-8-12(18)19/h9-11H,4-8H2,1-3H3,(H,18,19). The Hall–Kier alpha value is -1.04. The number of aliphatic carboxylic acids is 1. The highest BCUT2D eigenvalue weighted by atomic mass is 32.2. The zero-order valence-electron chi connectivity index (χ0n) is 12.4. The average molecular weight is 297 g/mol. The molecular formula is C14H23N3O2S. The van der Waals surface area contributed by atoms with Gasteiger partial charge in [-0.1, -0.05) is 45.4 Å². The molecular weight excluding hydrogens is 274 g/mol. The third-order valence-corrected chi connectivity index (χ3v) is 4.60. The van der Waals surface area contributed by atoms with E-state index in [1.165, 1.54) is 24.6 Å². The molecule has 1 aromatic heterocycles. The van der Waals surface area contributed by atoms with E-state index in [0.717, 1.165) is 29.7 Å². The minimum Gasteiger partial charge on any atom is -0.481 e. The van der Waals surface area contributed by atoms with Crippen LogP contribution in [0.2, 0.25) is 0 Å². The first-order valence-electron chi connectivity index (χ1n) is 7.32. The molecule has 0 aliphatic heterocycles. The van der Waals surface area contributed by atoms with Crippen LogP contribution in [-0.2, 0) is 4.79 Å². The van der Waals surface area contributed by atoms with Gasteiger partial charge in [-0.2, -0.15) is 0 Å². The average Bonchev–Trinajstić information content (AvgIpc) is 3.10. The number of thioether (sulfide) groups is 1. The number of aromatic nitrogens is 3. The summed E-state index contributed by atoms with van der Waals surface area (Å²) in [7, 11) is 0. The monoisotopic (exact) mass is 297 g/mol. The summed E-state index contributed by atoms with van der Waals surface area (Å²) in [6.07, 6.45) is 4.85. The van der Waals surface area contributed by atoms with Crippen molar-refractivity contribution >= 4 is 17.7 Å². The van der Waals surface area contributed by atoms with Gasteiger partial charge < -0.3 is 9.67 Å². The van der Waals surface area contributed by atoms with Gasteiger partial charge in [-0.3, -0.25) is 4.79 Å². The Balaban J connectivity index is 2.23. The molecule has 1 heterocycles. The lowest BCUT2D eigenvalue weighted by molar-refractivity contribution is -0.133. The van der Waals surface area contributed by atoms with Crippen molar-refractivity contribution in [2.45, 2.75) is 63.6 Å². The van der Waals surface area contributed by atoms with E-state index in [-0.39, 0.29) is 5.75 Å². The van der Waals surface area contributed by atoms with Gasteiger partial charge in [0.1, 0.15) is 5.82 Å². The SMILES string of the molecule is CCC(CC1CC1)n1c(SCC(=O)O)nnc1C(C)C. The zero-order chi connectivity index (χ0) is 14.7. The molecule has 0 radical (unpaired) electrons. The molecule has 1 atom stereocenters. The van der Waals surface area contributed by atoms with E-state index < -0.39 is 5.97 Å². The molecule has 0 spiro atoms. The van der Waals surface area contributed by atoms with Crippen molar-refractivity contribution in [2.24, 2.45) is 5.92 Å². The van der Waals surface area contributed by atoms with Gasteiger partial charge in [0.15, 0.2) is 5.16 Å². The summed E-state index contributed by atoms with van der Waals surface area (Å²) in [5.41, 5.74) is 0. The molecule has 112 valence electrons. The molecule has 0 amide bonds. The molecule has 1 saturated carbocycles. The Morgan fingerprint density at radius 1 is 1.45 bits per heavy atom. The normalized spacial score (nSPS) is 16.6. The molecule has 0 saturated heterocycles. The first kappa shape index (κ1) is 15.4. The van der Waals surface area contributed by atoms with E-state index in [1.807, 2.05) is 0 Å². The maximum atomic E-state index is 10.8. The van der Waals surface area contributed by atoms with E-state index in [0.29, 0.717) is 12.0 Å². The van der Waals surface area contributed by atoms with Crippen molar-refractivity contribution in [2.75, 3.05) is 5.75 Å². The fourth-order valence-electron chi connectivity index (χ4n) is 2.44. The van der Waals surface area contributed by atoms with Crippen LogP contribution in [0.1, 0.15) is 64.2 Å². The maximum absolute atomic E-state index is 10.8. The molecule has 1 unspecified atom stereocenters. The van der Waals surface area contributed by atoms with Crippen LogP contribution in [-0.4, -0.2) is 31.6 Å². The highest BCUT2D eigenvalue weighted by Crippen LogP contribution is 2.40. The summed E-state index contributed by atoms with van der Waals surface area (Å²) >= 11 is 1.27. The van der Waals surface area contributed by atoms with E-state index >= 15 is 0 Å². The number of hydrogen-bond donors (Lipinski definition) is 1. The number of carboxylic acid groups (broad SMARTS) is 1. The Morgan fingerprint density at radius 2 is 2.15 bits per heavy atom. The molecule has 1 fully saturated rings. The van der Waals surface area contributed by atoms with E-state index in [2.05, 4.69) is 35.5 Å². The quantitative estimate of drug-likeness (QED) is 0.745. The largest absolute Gasteiger partial charge is 0.481 e. The molecule has 1 aliphatic rings. The van der Waals surface area contributed by atoms with E-state index in [4.69, 9.17) is 5.11 Å². The lowest BCUT2D eigenvalue weighted by atomic mass is 10.1. The van der Waals surface area contributed by atoms with Crippen molar-refractivity contribution in [1.82, 2.24) is 14.8 Å². The second-order valence-electron chi connectivity index (χ2n) is 5.79. The van der Waals surface area contributed by atoms with E-state index in [1.54, 1.807) is 0 Å². The molecule has 1 aliphatic carbocycles. The van der Waals surface area contributed by atoms with Crippen molar-refractivity contribution in [3.63, 3.8) is 0 Å². The van der Waals surface area contributed by atoms with Crippen LogP contribution in [0, 0.1) is 5.92 Å². The van der Waals surface area contributed by atoms with Crippen molar-refractivity contribution in [3.05, 3.63) is 5.82 Å². The number of rotatable bonds is 8. The minimum absolute atomic E-state index is 0.0378. The third-order valence-electron chi connectivity index (χ3n) is 3.67. The van der Waals surface area contributed by atoms with E-state index in [9.17, 15) is 4.79 Å². The highest BCUT2D eigenvalue weighted by Gasteiger charge is 2.29. The van der Waals surface area contributed by atoms with Gasteiger partial charge in [0.25, 0.3) is 0 Å². The van der Waals surface area contributed by atoms with Crippen LogP contribution in [0.3, 0.4) is 0 Å². The zero-order valence-corrected chi connectivity index (χ0v) is 13.2. The molecule has 2 rings (SSSR count). The molecule has 1 N–H and O–H groups in total. The summed E-state index contributed by atoms with van der Waals surface area (Å²) in [6.45, 7) is 6.40. The Labute approximate surface area is 124 Å². The molecule has 6 heteroatoms. The number of carboxylic acids is 1. The van der Waals surface area contributed by atoms with Crippen LogP contribution >= 0.6 is 11.8 Å². The van der Waals surface area contributed by atoms with Crippen LogP contribution in [0.5, 0.6) is 0 Å². The summed E-state index contributed by atoms with van der Waals surface area (Å²) in [4.78, 5) is 10.8. The van der Waals surface area contributed by atoms with Crippen LogP contribution < -0.4 is 0 Å². The van der Waals surface area contributed by atoms with Gasteiger partial charge in [0.2, 0.25) is 0 Å². The molecule has 0 aromatic carbocycles. The van der Waals surface area contributed by atoms with Crippen molar-refractivity contribution in [3.8, 4) is 0 Å². The van der Waals surface area contributed by atoms with Gasteiger partial charge in [0, 0.05) is 12.0 Å². The predicted octanol–water partition coefficient (Wildman–Crippen LogP) is 3.33. The topological polar surface area (TPSA) is 68.0 Å². The highest BCUT2D eigenvalue weighted by molar-refractivity contribution is 7.99. The third kappa shape index (κ3) is 3.75. The molecule has 20 heavy (non-hydrogen) atoms. The van der Waals surface area contributed by atoms with Crippen LogP contribution in [0.25, 0.3) is 0 Å². The van der Waals surface area contributed by atoms with Crippen LogP contribution in [0.4, 0.5) is 0 Å². The van der Waals surface area contributed by atoms with Gasteiger partial charge in [-0.15, -0.1) is 10.2 Å². The van der Waals surface area contributed by atoms with Gasteiger partial charge in [-0.25, -0.2) is 0 Å². The minimum atomic E-state index is -0.814. The first-order valence-corrected chi connectivity index (χ1v) is 8.30. The number of hydrogen-bond acceptors (Lipinski definition) is 4. The predicted molar refractivity (Wildman–Crippen MR) is 79.1 cm³/mol. The maximum Gasteiger partial charge on any atom is 0.313 e. The first-order chi connectivity index (χ1) is 9.52. The fraction of sp³-hybridized carbons (Fsp3) is 0.786. The summed E-state index contributed by atoms with van der Waals surface area (Å²) in [5, 5.41) is 18.1. The lowest BCUT2D eigenvalue weighted by Gasteiger charge is -2.21. The molecule has 1 aromatic rings. The number of carbonyl (C=O) groups is 1. The summed E-state index contributed by atoms with van der Waals surface area (Å²) < 4.78 is 2.19. The van der Waals surface area contributed by atoms with Crippen molar-refractivity contribution in [1.29, 1.82) is 0 Å². The molecule has 0 bridgehead atoms. The smallest absolute Gasteiger partial charge is 0.313 e. The second-order valence-corrected chi connectivity index (χ2v) is 6.73. The fourth-order valence-corrected chi connectivity index (χ4v) is 3.18. The second kappa shape index (κ2) is 6.61. The van der Waals surface area contributed by atoms with Gasteiger partial charge in [0.05, 0.1) is 5.75 Å². The van der Waals surface area contributed by atoms with Crippen molar-refractivity contribution < 1.29 is 9.90 Å². The molecule has 5 nitrogen and oxygen atoms in total. The lowest BCUT2D eigenvalue weighted by Crippen LogP contribution is -2.15.